The van der Waals surface area contributed by atoms with Crippen molar-refractivity contribution in [3.05, 3.63) is 65.1 Å². The van der Waals surface area contributed by atoms with Gasteiger partial charge in [-0.3, -0.25) is 5.10 Å². The number of benzene rings is 1. The van der Waals surface area contributed by atoms with Crippen molar-refractivity contribution in [2.24, 2.45) is 0 Å². The van der Waals surface area contributed by atoms with Gasteiger partial charge >= 0.3 is 0 Å². The van der Waals surface area contributed by atoms with Crippen molar-refractivity contribution in [2.75, 3.05) is 0 Å². The smallest absolute Gasteiger partial charge is 0.142 e. The summed E-state index contributed by atoms with van der Waals surface area (Å²) in [5.74, 6) is 0.684. The lowest BCUT2D eigenvalue weighted by atomic mass is 10.1. The predicted octanol–water partition coefficient (Wildman–Crippen LogP) is 4.01. The molecule has 2 heterocycles. The number of aromatic amines is 1. The molecule has 0 aliphatic carbocycles. The normalized spacial score (nSPS) is 10.6. The number of aryl methyl sites for hydroxylation is 1. The third kappa shape index (κ3) is 3.06. The van der Waals surface area contributed by atoms with Crippen molar-refractivity contribution in [1.82, 2.24) is 15.2 Å². The number of hydrogen-bond acceptors (Lipinski definition) is 3. The highest BCUT2D eigenvalue weighted by molar-refractivity contribution is 6.32. The maximum atomic E-state index is 6.26. The first-order chi connectivity index (χ1) is 10.2. The summed E-state index contributed by atoms with van der Waals surface area (Å²) in [6, 6.07) is 13.7. The number of pyridine rings is 1. The molecule has 1 aromatic carbocycles. The molecule has 1 N–H and O–H groups in total. The topological polar surface area (TPSA) is 50.8 Å². The van der Waals surface area contributed by atoms with Crippen LogP contribution in [0.3, 0.4) is 0 Å². The summed E-state index contributed by atoms with van der Waals surface area (Å²) < 4.78 is 5.93. The van der Waals surface area contributed by atoms with Crippen molar-refractivity contribution < 1.29 is 4.74 Å². The van der Waals surface area contributed by atoms with E-state index in [1.807, 2.05) is 49.4 Å². The Kier molecular flexibility index (Phi) is 3.88. The molecule has 0 aliphatic rings. The summed E-state index contributed by atoms with van der Waals surface area (Å²) in [4.78, 5) is 4.28. The third-order valence-electron chi connectivity index (χ3n) is 3.06. The fourth-order valence-corrected chi connectivity index (χ4v) is 2.41. The second-order valence-corrected chi connectivity index (χ2v) is 5.02. The minimum atomic E-state index is 0.394. The van der Waals surface area contributed by atoms with Crippen molar-refractivity contribution in [3.63, 3.8) is 0 Å². The minimum Gasteiger partial charge on any atom is -0.488 e. The Morgan fingerprint density at radius 2 is 2.00 bits per heavy atom. The predicted molar refractivity (Wildman–Crippen MR) is 82.3 cm³/mol. The maximum Gasteiger partial charge on any atom is 0.142 e. The summed E-state index contributed by atoms with van der Waals surface area (Å²) in [6.07, 6.45) is 1.74. The van der Waals surface area contributed by atoms with E-state index in [4.69, 9.17) is 16.3 Å². The minimum absolute atomic E-state index is 0.394. The Bertz CT molecular complexity index is 727. The Labute approximate surface area is 127 Å². The molecule has 106 valence electrons. The van der Waals surface area contributed by atoms with Crippen LogP contribution < -0.4 is 4.74 Å². The van der Waals surface area contributed by atoms with Gasteiger partial charge in [-0.05, 0) is 18.6 Å². The number of nitrogens with one attached hydrogen (secondary N) is 1. The van der Waals surface area contributed by atoms with E-state index < -0.39 is 0 Å². The fraction of sp³-hybridized carbons (Fsp3) is 0.125. The van der Waals surface area contributed by atoms with Gasteiger partial charge in [0.05, 0.1) is 11.3 Å². The lowest BCUT2D eigenvalue weighted by Crippen LogP contribution is -1.99. The first-order valence-corrected chi connectivity index (χ1v) is 6.96. The van der Waals surface area contributed by atoms with E-state index >= 15 is 0 Å². The second-order valence-electron chi connectivity index (χ2n) is 4.66. The van der Waals surface area contributed by atoms with Crippen LogP contribution in [0.4, 0.5) is 0 Å². The van der Waals surface area contributed by atoms with E-state index in [2.05, 4.69) is 15.2 Å². The van der Waals surface area contributed by atoms with Crippen LogP contribution in [0.2, 0.25) is 5.15 Å². The van der Waals surface area contributed by atoms with E-state index in [0.29, 0.717) is 23.1 Å². The molecule has 2 aromatic heterocycles. The van der Waals surface area contributed by atoms with Gasteiger partial charge < -0.3 is 4.74 Å². The van der Waals surface area contributed by atoms with Crippen LogP contribution >= 0.6 is 11.6 Å². The molecule has 21 heavy (non-hydrogen) atoms. The third-order valence-corrected chi connectivity index (χ3v) is 3.33. The average molecular weight is 300 g/mol. The van der Waals surface area contributed by atoms with E-state index in [1.54, 1.807) is 6.20 Å². The molecule has 0 saturated heterocycles. The lowest BCUT2D eigenvalue weighted by molar-refractivity contribution is 0.307. The summed E-state index contributed by atoms with van der Waals surface area (Å²) in [5, 5.41) is 7.34. The number of nitrogens with zero attached hydrogens (tertiary/aromatic N) is 2. The molecule has 0 unspecified atom stereocenters. The number of aromatic nitrogens is 3. The van der Waals surface area contributed by atoms with Crippen molar-refractivity contribution in [2.45, 2.75) is 13.5 Å². The molecule has 0 saturated carbocycles. The molecule has 3 rings (SSSR count). The first kappa shape index (κ1) is 13.6. The molecule has 0 fully saturated rings. The van der Waals surface area contributed by atoms with Crippen LogP contribution in [-0.4, -0.2) is 15.2 Å². The zero-order valence-electron chi connectivity index (χ0n) is 11.5. The molecule has 0 aliphatic heterocycles. The van der Waals surface area contributed by atoms with Gasteiger partial charge in [0.15, 0.2) is 0 Å². The highest BCUT2D eigenvalue weighted by Crippen LogP contribution is 2.35. The van der Waals surface area contributed by atoms with Crippen LogP contribution in [0.5, 0.6) is 5.75 Å². The van der Waals surface area contributed by atoms with Gasteiger partial charge in [0.25, 0.3) is 0 Å². The van der Waals surface area contributed by atoms with Crippen LogP contribution in [0.1, 0.15) is 11.3 Å². The van der Waals surface area contributed by atoms with Crippen molar-refractivity contribution in [1.29, 1.82) is 0 Å². The van der Waals surface area contributed by atoms with Gasteiger partial charge in [-0.25, -0.2) is 4.98 Å². The molecular weight excluding hydrogens is 286 g/mol. The standard InChI is InChI=1S/C16H14ClN3O/c1-11-9-14(21-10-12-5-3-2-4-6-12)15(16(17)19-11)13-7-8-18-20-13/h2-9H,10H2,1H3,(H,18,20). The number of ether oxygens (including phenoxy) is 1. The van der Waals surface area contributed by atoms with Gasteiger partial charge in [0, 0.05) is 18.0 Å². The van der Waals surface area contributed by atoms with Gasteiger partial charge in [-0.15, -0.1) is 0 Å². The molecule has 3 aromatic rings. The number of hydrogen-bond donors (Lipinski definition) is 1. The Balaban J connectivity index is 1.94. The largest absolute Gasteiger partial charge is 0.488 e. The molecule has 5 heteroatoms. The van der Waals surface area contributed by atoms with Crippen LogP contribution in [0.25, 0.3) is 11.3 Å². The SMILES string of the molecule is Cc1cc(OCc2ccccc2)c(-c2cc[nH]n2)c(Cl)n1. The average Bonchev–Trinajstić information content (AvgIpc) is 2.99. The fourth-order valence-electron chi connectivity index (χ4n) is 2.09. The summed E-state index contributed by atoms with van der Waals surface area (Å²) in [7, 11) is 0. The van der Waals surface area contributed by atoms with Crippen LogP contribution in [-0.2, 0) is 6.61 Å². The zero-order chi connectivity index (χ0) is 14.7. The van der Waals surface area contributed by atoms with Crippen molar-refractivity contribution >= 4 is 11.6 Å². The van der Waals surface area contributed by atoms with E-state index in [0.717, 1.165) is 17.0 Å². The Morgan fingerprint density at radius 3 is 2.71 bits per heavy atom. The van der Waals surface area contributed by atoms with Gasteiger partial charge in [0.2, 0.25) is 0 Å². The molecule has 0 atom stereocenters. The summed E-state index contributed by atoms with van der Waals surface area (Å²) in [6.45, 7) is 2.35. The molecule has 0 amide bonds. The van der Waals surface area contributed by atoms with E-state index in [-0.39, 0.29) is 0 Å². The monoisotopic (exact) mass is 299 g/mol. The van der Waals surface area contributed by atoms with Gasteiger partial charge in [-0.1, -0.05) is 41.9 Å². The maximum absolute atomic E-state index is 6.26. The van der Waals surface area contributed by atoms with Crippen molar-refractivity contribution in [3.8, 4) is 17.0 Å². The van der Waals surface area contributed by atoms with Crippen LogP contribution in [0.15, 0.2) is 48.7 Å². The lowest BCUT2D eigenvalue weighted by Gasteiger charge is -2.12. The quantitative estimate of drug-likeness (QED) is 0.740. The molecule has 0 spiro atoms. The van der Waals surface area contributed by atoms with Crippen LogP contribution in [0, 0.1) is 6.92 Å². The Morgan fingerprint density at radius 1 is 1.19 bits per heavy atom. The Hall–Kier alpha value is -2.33. The van der Waals surface area contributed by atoms with E-state index in [9.17, 15) is 0 Å². The highest BCUT2D eigenvalue weighted by atomic mass is 35.5. The second kappa shape index (κ2) is 5.97. The summed E-state index contributed by atoms with van der Waals surface area (Å²) >= 11 is 6.26. The number of H-pyrrole nitrogens is 1. The van der Waals surface area contributed by atoms with Gasteiger partial charge in [-0.2, -0.15) is 5.10 Å². The van der Waals surface area contributed by atoms with Gasteiger partial charge in [0.1, 0.15) is 17.5 Å². The summed E-state index contributed by atoms with van der Waals surface area (Å²) in [5.41, 5.74) is 3.33. The van der Waals surface area contributed by atoms with E-state index in [1.165, 1.54) is 0 Å². The zero-order valence-corrected chi connectivity index (χ0v) is 12.3. The first-order valence-electron chi connectivity index (χ1n) is 6.58. The molecule has 0 radical (unpaired) electrons. The number of rotatable bonds is 4. The molecule has 4 nitrogen and oxygen atoms in total. The molecular formula is C16H14ClN3O. The highest BCUT2D eigenvalue weighted by Gasteiger charge is 2.15. The molecule has 0 bridgehead atoms. The number of halogens is 1.